The maximum atomic E-state index is 12.8. The van der Waals surface area contributed by atoms with Crippen molar-refractivity contribution >= 4 is 11.6 Å². The molecule has 0 spiro atoms. The molecule has 0 aromatic heterocycles. The predicted octanol–water partition coefficient (Wildman–Crippen LogP) is 1.85. The van der Waals surface area contributed by atoms with Gasteiger partial charge >= 0.3 is 6.18 Å². The summed E-state index contributed by atoms with van der Waals surface area (Å²) in [6, 6.07) is 3.03. The van der Waals surface area contributed by atoms with Gasteiger partial charge in [-0.2, -0.15) is 13.2 Å². The van der Waals surface area contributed by atoms with E-state index >= 15 is 0 Å². The second-order valence-corrected chi connectivity index (χ2v) is 4.76. The molecule has 1 aliphatic heterocycles. The summed E-state index contributed by atoms with van der Waals surface area (Å²) < 4.78 is 38.3. The number of carbonyl (C=O) groups excluding carboxylic acids is 1. The number of amides is 1. The number of nitrogens with two attached hydrogens (primary N) is 1. The van der Waals surface area contributed by atoms with Gasteiger partial charge in [-0.3, -0.25) is 4.79 Å². The Morgan fingerprint density at radius 1 is 1.40 bits per heavy atom. The van der Waals surface area contributed by atoms with E-state index < -0.39 is 11.7 Å². The van der Waals surface area contributed by atoms with Gasteiger partial charge in [0, 0.05) is 12.2 Å². The molecule has 1 aromatic carbocycles. The van der Waals surface area contributed by atoms with E-state index in [0.29, 0.717) is 12.0 Å². The van der Waals surface area contributed by atoms with Crippen molar-refractivity contribution in [2.45, 2.75) is 31.6 Å². The van der Waals surface area contributed by atoms with Crippen LogP contribution in [-0.2, 0) is 17.5 Å². The lowest BCUT2D eigenvalue weighted by Crippen LogP contribution is -2.35. The minimum Gasteiger partial charge on any atom is -0.326 e. The zero-order valence-corrected chi connectivity index (χ0v) is 10.8. The molecule has 20 heavy (non-hydrogen) atoms. The summed E-state index contributed by atoms with van der Waals surface area (Å²) in [6.07, 6.45) is -2.89. The SMILES string of the molecule is NCc1cc(NC(=O)[C@@H]2CCCN2)cc(C(F)(F)F)c1. The number of carbonyl (C=O) groups is 1. The standard InChI is InChI=1S/C13H16F3N3O/c14-13(15,16)9-4-8(7-17)5-10(6-9)19-12(20)11-2-1-3-18-11/h4-6,11,18H,1-3,7,17H2,(H,19,20)/t11-/m0/s1. The molecule has 7 heteroatoms. The Labute approximate surface area is 114 Å². The van der Waals surface area contributed by atoms with Crippen LogP contribution in [0.5, 0.6) is 0 Å². The summed E-state index contributed by atoms with van der Waals surface area (Å²) in [5.74, 6) is -0.315. The molecule has 1 saturated heterocycles. The van der Waals surface area contributed by atoms with Crippen LogP contribution < -0.4 is 16.4 Å². The van der Waals surface area contributed by atoms with Crippen LogP contribution in [0.4, 0.5) is 18.9 Å². The molecule has 1 amide bonds. The molecule has 1 atom stereocenters. The molecule has 0 saturated carbocycles. The van der Waals surface area contributed by atoms with E-state index in [1.54, 1.807) is 0 Å². The summed E-state index contributed by atoms with van der Waals surface area (Å²) in [4.78, 5) is 11.9. The van der Waals surface area contributed by atoms with Gasteiger partial charge < -0.3 is 16.4 Å². The molecule has 0 bridgehead atoms. The molecule has 1 aliphatic rings. The lowest BCUT2D eigenvalue weighted by atomic mass is 10.1. The first kappa shape index (κ1) is 14.8. The van der Waals surface area contributed by atoms with Crippen LogP contribution in [0.2, 0.25) is 0 Å². The van der Waals surface area contributed by atoms with Crippen molar-refractivity contribution in [3.63, 3.8) is 0 Å². The van der Waals surface area contributed by atoms with Crippen molar-refractivity contribution in [3.8, 4) is 0 Å². The van der Waals surface area contributed by atoms with Gasteiger partial charge in [0.25, 0.3) is 0 Å². The van der Waals surface area contributed by atoms with Crippen LogP contribution in [0.25, 0.3) is 0 Å². The maximum Gasteiger partial charge on any atom is 0.416 e. The van der Waals surface area contributed by atoms with E-state index in [-0.39, 0.29) is 24.2 Å². The first-order chi connectivity index (χ1) is 9.40. The van der Waals surface area contributed by atoms with Gasteiger partial charge in [0.1, 0.15) is 0 Å². The van der Waals surface area contributed by atoms with E-state index in [4.69, 9.17) is 5.73 Å². The maximum absolute atomic E-state index is 12.8. The Kier molecular flexibility index (Phi) is 4.29. The van der Waals surface area contributed by atoms with Crippen molar-refractivity contribution in [1.82, 2.24) is 5.32 Å². The summed E-state index contributed by atoms with van der Waals surface area (Å²) in [7, 11) is 0. The first-order valence-electron chi connectivity index (χ1n) is 6.35. The highest BCUT2D eigenvalue weighted by Crippen LogP contribution is 2.32. The summed E-state index contributed by atoms with van der Waals surface area (Å²) in [5, 5.41) is 5.51. The van der Waals surface area contributed by atoms with Gasteiger partial charge in [-0.1, -0.05) is 0 Å². The second kappa shape index (κ2) is 5.80. The van der Waals surface area contributed by atoms with Gasteiger partial charge in [-0.05, 0) is 43.1 Å². The summed E-state index contributed by atoms with van der Waals surface area (Å²) >= 11 is 0. The number of anilines is 1. The molecule has 1 aromatic rings. The van der Waals surface area contributed by atoms with Crippen LogP contribution >= 0.6 is 0 Å². The highest BCUT2D eigenvalue weighted by Gasteiger charge is 2.31. The third-order valence-corrected chi connectivity index (χ3v) is 3.20. The van der Waals surface area contributed by atoms with Crippen molar-refractivity contribution in [2.75, 3.05) is 11.9 Å². The van der Waals surface area contributed by atoms with Crippen LogP contribution in [0.3, 0.4) is 0 Å². The Bertz CT molecular complexity index is 496. The average Bonchev–Trinajstić information content (AvgIpc) is 2.91. The van der Waals surface area contributed by atoms with E-state index in [9.17, 15) is 18.0 Å². The zero-order valence-electron chi connectivity index (χ0n) is 10.8. The molecule has 4 nitrogen and oxygen atoms in total. The topological polar surface area (TPSA) is 67.1 Å². The highest BCUT2D eigenvalue weighted by molar-refractivity contribution is 5.95. The van der Waals surface area contributed by atoms with Crippen LogP contribution in [-0.4, -0.2) is 18.5 Å². The first-order valence-corrected chi connectivity index (χ1v) is 6.35. The molecule has 0 aliphatic carbocycles. The fraction of sp³-hybridized carbons (Fsp3) is 0.462. The van der Waals surface area contributed by atoms with Crippen LogP contribution in [0, 0.1) is 0 Å². The molecular weight excluding hydrogens is 271 g/mol. The molecular formula is C13H16F3N3O. The fourth-order valence-electron chi connectivity index (χ4n) is 2.18. The fourth-order valence-corrected chi connectivity index (χ4v) is 2.18. The smallest absolute Gasteiger partial charge is 0.326 e. The minimum atomic E-state index is -4.46. The van der Waals surface area contributed by atoms with Gasteiger partial charge in [-0.25, -0.2) is 0 Å². The monoisotopic (exact) mass is 287 g/mol. The lowest BCUT2D eigenvalue weighted by Gasteiger charge is -2.14. The molecule has 2 rings (SSSR count). The quantitative estimate of drug-likeness (QED) is 0.795. The van der Waals surface area contributed by atoms with Gasteiger partial charge in [0.2, 0.25) is 5.91 Å². The van der Waals surface area contributed by atoms with Crippen LogP contribution in [0.1, 0.15) is 24.0 Å². The molecule has 4 N–H and O–H groups in total. The van der Waals surface area contributed by atoms with E-state index in [0.717, 1.165) is 25.1 Å². The van der Waals surface area contributed by atoms with Crippen molar-refractivity contribution in [3.05, 3.63) is 29.3 Å². The summed E-state index contributed by atoms with van der Waals surface area (Å²) in [5.41, 5.74) is 5.03. The van der Waals surface area contributed by atoms with E-state index in [2.05, 4.69) is 10.6 Å². The molecule has 0 radical (unpaired) electrons. The Balaban J connectivity index is 2.20. The number of hydrogen-bond donors (Lipinski definition) is 3. The Morgan fingerprint density at radius 3 is 2.70 bits per heavy atom. The predicted molar refractivity (Wildman–Crippen MR) is 69.0 cm³/mol. The largest absolute Gasteiger partial charge is 0.416 e. The number of benzene rings is 1. The van der Waals surface area contributed by atoms with Crippen molar-refractivity contribution in [1.29, 1.82) is 0 Å². The van der Waals surface area contributed by atoms with Gasteiger partial charge in [-0.15, -0.1) is 0 Å². The number of halogens is 3. The van der Waals surface area contributed by atoms with Crippen molar-refractivity contribution in [2.24, 2.45) is 5.73 Å². The normalized spacial score (nSPS) is 19.1. The lowest BCUT2D eigenvalue weighted by molar-refractivity contribution is -0.137. The Morgan fingerprint density at radius 2 is 2.15 bits per heavy atom. The number of hydrogen-bond acceptors (Lipinski definition) is 3. The molecule has 110 valence electrons. The summed E-state index contributed by atoms with van der Waals surface area (Å²) in [6.45, 7) is 0.725. The van der Waals surface area contributed by atoms with E-state index in [1.165, 1.54) is 6.07 Å². The van der Waals surface area contributed by atoms with E-state index in [1.807, 2.05) is 0 Å². The van der Waals surface area contributed by atoms with Crippen molar-refractivity contribution < 1.29 is 18.0 Å². The molecule has 0 unspecified atom stereocenters. The number of rotatable bonds is 3. The molecule has 1 fully saturated rings. The van der Waals surface area contributed by atoms with Gasteiger partial charge in [0.05, 0.1) is 11.6 Å². The average molecular weight is 287 g/mol. The van der Waals surface area contributed by atoms with Gasteiger partial charge in [0.15, 0.2) is 0 Å². The highest BCUT2D eigenvalue weighted by atomic mass is 19.4. The molecule has 1 heterocycles. The second-order valence-electron chi connectivity index (χ2n) is 4.76. The third-order valence-electron chi connectivity index (χ3n) is 3.20. The Hall–Kier alpha value is -1.60. The third kappa shape index (κ3) is 3.49. The zero-order chi connectivity index (χ0) is 14.8. The minimum absolute atomic E-state index is 0.0194. The number of alkyl halides is 3. The number of nitrogens with one attached hydrogen (secondary N) is 2. The van der Waals surface area contributed by atoms with Crippen LogP contribution in [0.15, 0.2) is 18.2 Å².